The molecule has 0 amide bonds. The van der Waals surface area contributed by atoms with E-state index in [1.54, 1.807) is 18.2 Å². The molecule has 1 aromatic rings. The van der Waals surface area contributed by atoms with Crippen molar-refractivity contribution in [1.82, 2.24) is 0 Å². The maximum Gasteiger partial charge on any atom is 0.203 e. The van der Waals surface area contributed by atoms with Crippen molar-refractivity contribution in [3.8, 4) is 17.2 Å². The van der Waals surface area contributed by atoms with Crippen LogP contribution in [0.5, 0.6) is 17.2 Å². The number of phenolic OH excluding ortho intramolecular Hbond substituents is 1. The van der Waals surface area contributed by atoms with Crippen LogP contribution in [0, 0.1) is 0 Å². The Hall–Kier alpha value is 0.256. The van der Waals surface area contributed by atoms with Gasteiger partial charge in [-0.3, -0.25) is 0 Å². The molecule has 0 fully saturated rings. The number of para-hydroxylation sites is 1. The second-order valence-corrected chi connectivity index (χ2v) is 2.01. The van der Waals surface area contributed by atoms with Crippen LogP contribution in [-0.2, 0) is 0 Å². The van der Waals surface area contributed by atoms with E-state index in [4.69, 9.17) is 9.47 Å². The molecule has 0 saturated carbocycles. The van der Waals surface area contributed by atoms with Crippen LogP contribution < -0.4 is 9.47 Å². The Morgan fingerprint density at radius 3 is 2.25 bits per heavy atom. The van der Waals surface area contributed by atoms with E-state index in [-0.39, 0.29) is 57.1 Å². The average Bonchev–Trinajstić information content (AvgIpc) is 2.04. The Kier molecular flexibility index (Phi) is 5.95. The van der Waals surface area contributed by atoms with Crippen molar-refractivity contribution >= 4 is 51.4 Å². The van der Waals surface area contributed by atoms with Crippen molar-refractivity contribution < 1.29 is 14.6 Å². The van der Waals surface area contributed by atoms with E-state index in [2.05, 4.69) is 0 Å². The molecular weight excluding hydrogens is 183 g/mol. The Labute approximate surface area is 114 Å². The Bertz CT molecular complexity index is 250. The minimum atomic E-state index is 0. The van der Waals surface area contributed by atoms with E-state index in [0.29, 0.717) is 11.5 Å². The SMILES string of the molecule is COc1cccc(O)c1OC.[K]. The van der Waals surface area contributed by atoms with Gasteiger partial charge in [-0.25, -0.2) is 0 Å². The third-order valence-electron chi connectivity index (χ3n) is 1.38. The van der Waals surface area contributed by atoms with Crippen LogP contribution >= 0.6 is 0 Å². The van der Waals surface area contributed by atoms with Crippen LogP contribution in [0.1, 0.15) is 0 Å². The zero-order valence-electron chi connectivity index (χ0n) is 7.50. The molecule has 0 heterocycles. The molecule has 0 atom stereocenters. The monoisotopic (exact) mass is 193 g/mol. The second kappa shape index (κ2) is 5.83. The zero-order valence-corrected chi connectivity index (χ0v) is 10.6. The maximum atomic E-state index is 9.22. The standard InChI is InChI=1S/C8H10O3.K/c1-10-7-5-3-4-6(9)8(7)11-2;/h3-5,9H,1-2H3;. The number of methoxy groups -OCH3 is 2. The topological polar surface area (TPSA) is 38.7 Å². The largest absolute Gasteiger partial charge is 0.504 e. The number of benzene rings is 1. The first-order valence-electron chi connectivity index (χ1n) is 3.19. The summed E-state index contributed by atoms with van der Waals surface area (Å²) < 4.78 is 9.82. The van der Waals surface area contributed by atoms with E-state index >= 15 is 0 Å². The maximum absolute atomic E-state index is 9.22. The van der Waals surface area contributed by atoms with E-state index in [1.807, 2.05) is 0 Å². The quantitative estimate of drug-likeness (QED) is 0.713. The summed E-state index contributed by atoms with van der Waals surface area (Å²) in [7, 11) is 3.01. The molecular formula is C8H10KO3. The summed E-state index contributed by atoms with van der Waals surface area (Å²) in [6.07, 6.45) is 0. The third kappa shape index (κ3) is 2.64. The fraction of sp³-hybridized carbons (Fsp3) is 0.250. The summed E-state index contributed by atoms with van der Waals surface area (Å²) in [5, 5.41) is 9.22. The van der Waals surface area contributed by atoms with Gasteiger partial charge in [0.15, 0.2) is 11.5 Å². The molecule has 1 rings (SSSR count). The van der Waals surface area contributed by atoms with Gasteiger partial charge >= 0.3 is 0 Å². The predicted octanol–water partition coefficient (Wildman–Crippen LogP) is 1.03. The molecule has 61 valence electrons. The smallest absolute Gasteiger partial charge is 0.203 e. The summed E-state index contributed by atoms with van der Waals surface area (Å²) in [5.74, 6) is 0.995. The molecule has 0 unspecified atom stereocenters. The van der Waals surface area contributed by atoms with Crippen LogP contribution in [0.25, 0.3) is 0 Å². The van der Waals surface area contributed by atoms with Gasteiger partial charge in [-0.2, -0.15) is 0 Å². The molecule has 0 spiro atoms. The Morgan fingerprint density at radius 2 is 1.83 bits per heavy atom. The minimum Gasteiger partial charge on any atom is -0.504 e. The van der Waals surface area contributed by atoms with Gasteiger partial charge in [-0.15, -0.1) is 0 Å². The number of phenols is 1. The van der Waals surface area contributed by atoms with Crippen molar-refractivity contribution in [3.05, 3.63) is 18.2 Å². The first-order valence-corrected chi connectivity index (χ1v) is 3.19. The van der Waals surface area contributed by atoms with Crippen molar-refractivity contribution in [2.45, 2.75) is 0 Å². The van der Waals surface area contributed by atoms with Gasteiger partial charge in [-0.1, -0.05) is 6.07 Å². The number of hydrogen-bond donors (Lipinski definition) is 1. The zero-order chi connectivity index (χ0) is 8.27. The van der Waals surface area contributed by atoms with Crippen LogP contribution in [0.4, 0.5) is 0 Å². The summed E-state index contributed by atoms with van der Waals surface area (Å²) in [4.78, 5) is 0. The molecule has 0 bridgehead atoms. The van der Waals surface area contributed by atoms with E-state index in [9.17, 15) is 5.11 Å². The van der Waals surface area contributed by atoms with Crippen LogP contribution in [0.15, 0.2) is 18.2 Å². The minimum absolute atomic E-state index is 0. The van der Waals surface area contributed by atoms with Crippen molar-refractivity contribution in [1.29, 1.82) is 0 Å². The number of rotatable bonds is 2. The first kappa shape index (κ1) is 12.3. The predicted molar refractivity (Wildman–Crippen MR) is 47.0 cm³/mol. The molecule has 4 heteroatoms. The van der Waals surface area contributed by atoms with Gasteiger partial charge in [0.2, 0.25) is 5.75 Å². The normalized spacial score (nSPS) is 8.50. The van der Waals surface area contributed by atoms with Gasteiger partial charge in [0.25, 0.3) is 0 Å². The van der Waals surface area contributed by atoms with Crippen LogP contribution in [0.2, 0.25) is 0 Å². The van der Waals surface area contributed by atoms with Gasteiger partial charge in [0.05, 0.1) is 14.2 Å². The molecule has 1 aromatic carbocycles. The third-order valence-corrected chi connectivity index (χ3v) is 1.38. The molecule has 0 aromatic heterocycles. The van der Waals surface area contributed by atoms with Crippen LogP contribution in [-0.4, -0.2) is 70.7 Å². The summed E-state index contributed by atoms with van der Waals surface area (Å²) >= 11 is 0. The van der Waals surface area contributed by atoms with E-state index in [1.165, 1.54) is 14.2 Å². The number of aromatic hydroxyl groups is 1. The molecule has 1 radical (unpaired) electrons. The molecule has 0 saturated heterocycles. The van der Waals surface area contributed by atoms with Gasteiger partial charge in [-0.05, 0) is 12.1 Å². The van der Waals surface area contributed by atoms with Gasteiger partial charge in [0.1, 0.15) is 0 Å². The van der Waals surface area contributed by atoms with Crippen molar-refractivity contribution in [2.24, 2.45) is 0 Å². The van der Waals surface area contributed by atoms with Crippen molar-refractivity contribution in [3.63, 3.8) is 0 Å². The summed E-state index contributed by atoms with van der Waals surface area (Å²) in [6, 6.07) is 4.95. The number of ether oxygens (including phenoxy) is 2. The number of hydrogen-bond acceptors (Lipinski definition) is 3. The summed E-state index contributed by atoms with van der Waals surface area (Å²) in [5.41, 5.74) is 0. The fourth-order valence-electron chi connectivity index (χ4n) is 0.870. The summed E-state index contributed by atoms with van der Waals surface area (Å²) in [6.45, 7) is 0. The van der Waals surface area contributed by atoms with E-state index < -0.39 is 0 Å². The Morgan fingerprint density at radius 1 is 1.17 bits per heavy atom. The van der Waals surface area contributed by atoms with Gasteiger partial charge in [0, 0.05) is 51.4 Å². The van der Waals surface area contributed by atoms with Gasteiger partial charge < -0.3 is 14.6 Å². The molecule has 0 aliphatic heterocycles. The molecule has 0 aliphatic rings. The molecule has 0 aliphatic carbocycles. The fourth-order valence-corrected chi connectivity index (χ4v) is 0.870. The average molecular weight is 193 g/mol. The molecule has 3 nitrogen and oxygen atoms in total. The Balaban J connectivity index is 0.00000121. The van der Waals surface area contributed by atoms with Crippen molar-refractivity contribution in [2.75, 3.05) is 14.2 Å². The molecule has 1 N–H and O–H groups in total. The van der Waals surface area contributed by atoms with Crippen LogP contribution in [0.3, 0.4) is 0 Å². The first-order chi connectivity index (χ1) is 5.29. The van der Waals surface area contributed by atoms with E-state index in [0.717, 1.165) is 0 Å². The second-order valence-electron chi connectivity index (χ2n) is 2.01. The molecule has 12 heavy (non-hydrogen) atoms.